The summed E-state index contributed by atoms with van der Waals surface area (Å²) in [5.41, 5.74) is 1.99. The average molecular weight is 260 g/mol. The van der Waals surface area contributed by atoms with E-state index in [9.17, 15) is 4.79 Å². The van der Waals surface area contributed by atoms with Gasteiger partial charge in [0.2, 0.25) is 0 Å². The molecular formula is C16H24N2O. The van der Waals surface area contributed by atoms with E-state index in [1.54, 1.807) is 0 Å². The van der Waals surface area contributed by atoms with Gasteiger partial charge in [0.15, 0.2) is 5.78 Å². The van der Waals surface area contributed by atoms with Crippen molar-refractivity contribution in [3.05, 3.63) is 35.4 Å². The molecule has 0 aliphatic carbocycles. The molecule has 1 aliphatic heterocycles. The molecule has 1 aromatic rings. The number of rotatable bonds is 4. The van der Waals surface area contributed by atoms with Gasteiger partial charge in [0.1, 0.15) is 0 Å². The molecule has 0 amide bonds. The predicted molar refractivity (Wildman–Crippen MR) is 78.7 cm³/mol. The van der Waals surface area contributed by atoms with Crippen LogP contribution in [0.2, 0.25) is 0 Å². The lowest BCUT2D eigenvalue weighted by atomic mass is 10.1. The summed E-state index contributed by atoms with van der Waals surface area (Å²) in [7, 11) is 0. The molecule has 0 bridgehead atoms. The van der Waals surface area contributed by atoms with Crippen LogP contribution in [-0.4, -0.2) is 54.3 Å². The molecule has 0 N–H and O–H groups in total. The number of ketones is 1. The summed E-state index contributed by atoms with van der Waals surface area (Å²) < 4.78 is 0. The van der Waals surface area contributed by atoms with Gasteiger partial charge >= 0.3 is 0 Å². The Morgan fingerprint density at radius 1 is 1.21 bits per heavy atom. The van der Waals surface area contributed by atoms with Gasteiger partial charge in [-0.05, 0) is 26.8 Å². The number of hydrogen-bond acceptors (Lipinski definition) is 3. The molecule has 1 aromatic carbocycles. The molecule has 0 radical (unpaired) electrons. The Kier molecular flexibility index (Phi) is 4.72. The first kappa shape index (κ1) is 14.2. The third-order valence-electron chi connectivity index (χ3n) is 3.84. The fourth-order valence-corrected chi connectivity index (χ4v) is 2.55. The Morgan fingerprint density at radius 2 is 1.89 bits per heavy atom. The molecule has 0 aromatic heterocycles. The van der Waals surface area contributed by atoms with E-state index in [1.807, 2.05) is 31.2 Å². The largest absolute Gasteiger partial charge is 0.298 e. The van der Waals surface area contributed by atoms with E-state index in [0.717, 1.165) is 37.3 Å². The normalized spacial score (nSPS) is 17.9. The summed E-state index contributed by atoms with van der Waals surface area (Å²) in [6, 6.07) is 8.48. The van der Waals surface area contributed by atoms with Gasteiger partial charge in [0.05, 0.1) is 6.54 Å². The van der Waals surface area contributed by atoms with Crippen molar-refractivity contribution >= 4 is 5.78 Å². The summed E-state index contributed by atoms with van der Waals surface area (Å²) in [4.78, 5) is 17.0. The van der Waals surface area contributed by atoms with Crippen LogP contribution in [0.15, 0.2) is 24.3 Å². The number of benzene rings is 1. The second-order valence-corrected chi connectivity index (χ2v) is 5.70. The van der Waals surface area contributed by atoms with E-state index in [0.29, 0.717) is 12.6 Å². The number of aryl methyl sites for hydroxylation is 1. The second kappa shape index (κ2) is 6.31. The molecule has 19 heavy (non-hydrogen) atoms. The van der Waals surface area contributed by atoms with Crippen molar-refractivity contribution in [2.75, 3.05) is 32.7 Å². The van der Waals surface area contributed by atoms with Crippen molar-refractivity contribution in [1.82, 2.24) is 9.80 Å². The summed E-state index contributed by atoms with van der Waals surface area (Å²) in [5.74, 6) is 0.238. The molecule has 0 saturated carbocycles. The molecule has 1 aliphatic rings. The lowest BCUT2D eigenvalue weighted by Crippen LogP contribution is -2.50. The van der Waals surface area contributed by atoms with Crippen LogP contribution in [0.5, 0.6) is 0 Å². The number of piperazine rings is 1. The number of Topliss-reactive ketones (excluding diaryl/α,β-unsaturated/α-hetero) is 1. The third-order valence-corrected chi connectivity index (χ3v) is 3.84. The molecule has 0 spiro atoms. The Bertz CT molecular complexity index is 434. The monoisotopic (exact) mass is 260 g/mol. The summed E-state index contributed by atoms with van der Waals surface area (Å²) in [6.45, 7) is 11.2. The van der Waals surface area contributed by atoms with E-state index in [4.69, 9.17) is 0 Å². The summed E-state index contributed by atoms with van der Waals surface area (Å²) in [6.07, 6.45) is 0. The molecule has 2 rings (SSSR count). The fraction of sp³-hybridized carbons (Fsp3) is 0.562. The number of hydrogen-bond donors (Lipinski definition) is 0. The van der Waals surface area contributed by atoms with Crippen LogP contribution in [0.4, 0.5) is 0 Å². The minimum Gasteiger partial charge on any atom is -0.298 e. The van der Waals surface area contributed by atoms with Crippen LogP contribution >= 0.6 is 0 Å². The smallest absolute Gasteiger partial charge is 0.176 e. The summed E-state index contributed by atoms with van der Waals surface area (Å²) in [5, 5.41) is 0. The van der Waals surface area contributed by atoms with Crippen LogP contribution in [-0.2, 0) is 0 Å². The Morgan fingerprint density at radius 3 is 2.47 bits per heavy atom. The van der Waals surface area contributed by atoms with Crippen molar-refractivity contribution in [3.63, 3.8) is 0 Å². The molecule has 1 fully saturated rings. The average Bonchev–Trinajstić information content (AvgIpc) is 2.39. The van der Waals surface area contributed by atoms with Crippen LogP contribution in [0.25, 0.3) is 0 Å². The van der Waals surface area contributed by atoms with Gasteiger partial charge in [-0.15, -0.1) is 0 Å². The lowest BCUT2D eigenvalue weighted by molar-refractivity contribution is 0.0807. The zero-order valence-corrected chi connectivity index (χ0v) is 12.2. The van der Waals surface area contributed by atoms with Gasteiger partial charge in [-0.3, -0.25) is 14.6 Å². The van der Waals surface area contributed by atoms with Gasteiger partial charge in [-0.2, -0.15) is 0 Å². The second-order valence-electron chi connectivity index (χ2n) is 5.70. The number of carbonyl (C=O) groups excluding carboxylic acids is 1. The first-order chi connectivity index (χ1) is 9.06. The quantitative estimate of drug-likeness (QED) is 0.775. The van der Waals surface area contributed by atoms with Crippen molar-refractivity contribution in [2.45, 2.75) is 26.8 Å². The Labute approximate surface area is 116 Å². The Hall–Kier alpha value is -1.19. The maximum absolute atomic E-state index is 12.2. The van der Waals surface area contributed by atoms with Gasteiger partial charge in [0, 0.05) is 37.8 Å². The fourth-order valence-electron chi connectivity index (χ4n) is 2.55. The van der Waals surface area contributed by atoms with E-state index in [1.165, 1.54) is 0 Å². The number of nitrogens with zero attached hydrogens (tertiary/aromatic N) is 2. The van der Waals surface area contributed by atoms with Gasteiger partial charge in [0.25, 0.3) is 0 Å². The number of carbonyl (C=O) groups is 1. The van der Waals surface area contributed by atoms with Crippen LogP contribution in [0.3, 0.4) is 0 Å². The van der Waals surface area contributed by atoms with Gasteiger partial charge < -0.3 is 0 Å². The van der Waals surface area contributed by atoms with Crippen LogP contribution < -0.4 is 0 Å². The SMILES string of the molecule is Cc1cccc(C(=O)CN2CCN(C(C)C)CC2)c1. The highest BCUT2D eigenvalue weighted by molar-refractivity contribution is 5.97. The summed E-state index contributed by atoms with van der Waals surface area (Å²) >= 11 is 0. The molecule has 0 unspecified atom stereocenters. The van der Waals surface area contributed by atoms with Crippen molar-refractivity contribution in [1.29, 1.82) is 0 Å². The van der Waals surface area contributed by atoms with E-state index in [-0.39, 0.29) is 5.78 Å². The van der Waals surface area contributed by atoms with Gasteiger partial charge in [-0.25, -0.2) is 0 Å². The molecule has 1 heterocycles. The first-order valence-electron chi connectivity index (χ1n) is 7.12. The van der Waals surface area contributed by atoms with Crippen molar-refractivity contribution < 1.29 is 4.79 Å². The standard InChI is InChI=1S/C16H24N2O/c1-13(2)18-9-7-17(8-10-18)12-16(19)15-6-4-5-14(3)11-15/h4-6,11,13H,7-10,12H2,1-3H3. The predicted octanol–water partition coefficient (Wildman–Crippen LogP) is 2.20. The highest BCUT2D eigenvalue weighted by Gasteiger charge is 2.20. The van der Waals surface area contributed by atoms with E-state index < -0.39 is 0 Å². The molecule has 3 heteroatoms. The molecule has 0 atom stereocenters. The minimum atomic E-state index is 0.238. The van der Waals surface area contributed by atoms with Crippen LogP contribution in [0.1, 0.15) is 29.8 Å². The third kappa shape index (κ3) is 3.88. The lowest BCUT2D eigenvalue weighted by Gasteiger charge is -2.36. The maximum atomic E-state index is 12.2. The molecule has 104 valence electrons. The molecule has 1 saturated heterocycles. The first-order valence-corrected chi connectivity index (χ1v) is 7.12. The highest BCUT2D eigenvalue weighted by atomic mass is 16.1. The minimum absolute atomic E-state index is 0.238. The zero-order chi connectivity index (χ0) is 13.8. The topological polar surface area (TPSA) is 23.6 Å². The zero-order valence-electron chi connectivity index (χ0n) is 12.2. The highest BCUT2D eigenvalue weighted by Crippen LogP contribution is 2.09. The van der Waals surface area contributed by atoms with Crippen LogP contribution in [0, 0.1) is 6.92 Å². The van der Waals surface area contributed by atoms with E-state index in [2.05, 4.69) is 23.6 Å². The maximum Gasteiger partial charge on any atom is 0.176 e. The molecule has 3 nitrogen and oxygen atoms in total. The van der Waals surface area contributed by atoms with Crippen molar-refractivity contribution in [2.24, 2.45) is 0 Å². The van der Waals surface area contributed by atoms with Gasteiger partial charge in [-0.1, -0.05) is 23.8 Å². The Balaban J connectivity index is 1.87. The van der Waals surface area contributed by atoms with E-state index >= 15 is 0 Å². The van der Waals surface area contributed by atoms with Crippen molar-refractivity contribution in [3.8, 4) is 0 Å². The molecular weight excluding hydrogens is 236 g/mol.